The molecule has 0 unspecified atom stereocenters. The molecule has 0 atom stereocenters. The molecule has 0 bridgehead atoms. The second-order valence-electron chi connectivity index (χ2n) is 4.64. The molecule has 0 spiro atoms. The summed E-state index contributed by atoms with van der Waals surface area (Å²) < 4.78 is 13.3. The molecule has 6 heteroatoms. The summed E-state index contributed by atoms with van der Waals surface area (Å²) in [6.45, 7) is 1.93. The zero-order valence-corrected chi connectivity index (χ0v) is 12.8. The summed E-state index contributed by atoms with van der Waals surface area (Å²) >= 11 is 5.35. The van der Waals surface area contributed by atoms with E-state index in [-0.39, 0.29) is 0 Å². The van der Waals surface area contributed by atoms with Gasteiger partial charge in [0.15, 0.2) is 17.1 Å². The molecule has 0 amide bonds. The Bertz CT molecular complexity index is 867. The zero-order chi connectivity index (χ0) is 15.0. The molecular formula is C15H15N3O2S. The maximum Gasteiger partial charge on any atom is 0.170 e. The summed E-state index contributed by atoms with van der Waals surface area (Å²) in [7, 11) is 3.24. The molecule has 3 aromatic rings. The molecule has 5 nitrogen and oxygen atoms in total. The fourth-order valence-corrected chi connectivity index (χ4v) is 2.66. The number of ether oxygens (including phenoxy) is 2. The lowest BCUT2D eigenvalue weighted by Gasteiger charge is -2.11. The second-order valence-corrected chi connectivity index (χ2v) is 5.06. The molecule has 1 N–H and O–H groups in total. The van der Waals surface area contributed by atoms with E-state index in [1.54, 1.807) is 18.7 Å². The van der Waals surface area contributed by atoms with Crippen LogP contribution in [0.25, 0.3) is 16.9 Å². The van der Waals surface area contributed by atoms with Crippen LogP contribution in [0.1, 0.15) is 5.69 Å². The van der Waals surface area contributed by atoms with E-state index >= 15 is 0 Å². The van der Waals surface area contributed by atoms with Crippen LogP contribution in [0.3, 0.4) is 0 Å². The number of nitrogens with one attached hydrogen (secondary N) is 1. The first-order valence-corrected chi connectivity index (χ1v) is 6.85. The maximum absolute atomic E-state index is 5.47. The molecular weight excluding hydrogens is 286 g/mol. The summed E-state index contributed by atoms with van der Waals surface area (Å²) in [5.74, 6) is 1.36. The first-order valence-electron chi connectivity index (χ1n) is 6.45. The van der Waals surface area contributed by atoms with E-state index in [0.29, 0.717) is 16.1 Å². The fraction of sp³-hybridized carbons (Fsp3) is 0.200. The van der Waals surface area contributed by atoms with E-state index in [1.807, 2.05) is 37.3 Å². The highest BCUT2D eigenvalue weighted by Gasteiger charge is 2.14. The molecule has 0 saturated heterocycles. The third-order valence-corrected chi connectivity index (χ3v) is 3.57. The summed E-state index contributed by atoms with van der Waals surface area (Å²) in [4.78, 5) is 4.47. The topological polar surface area (TPSA) is 51.5 Å². The number of rotatable bonds is 3. The summed E-state index contributed by atoms with van der Waals surface area (Å²) in [5.41, 5.74) is 3.44. The first kappa shape index (κ1) is 13.6. The molecule has 108 valence electrons. The van der Waals surface area contributed by atoms with Gasteiger partial charge in [-0.15, -0.1) is 0 Å². The monoisotopic (exact) mass is 301 g/mol. The first-order chi connectivity index (χ1) is 10.1. The number of aromatic amines is 1. The van der Waals surface area contributed by atoms with Crippen LogP contribution in [0.2, 0.25) is 0 Å². The molecule has 1 aromatic carbocycles. The Morgan fingerprint density at radius 1 is 1.19 bits per heavy atom. The average molecular weight is 301 g/mol. The molecule has 2 aromatic heterocycles. The molecule has 3 rings (SSSR count). The highest BCUT2D eigenvalue weighted by atomic mass is 32.1. The number of nitrogens with zero attached hydrogens (tertiary/aromatic N) is 2. The molecule has 0 radical (unpaired) electrons. The Labute approximate surface area is 127 Å². The number of benzene rings is 1. The van der Waals surface area contributed by atoms with Crippen molar-refractivity contribution in [2.75, 3.05) is 14.2 Å². The molecule has 0 aliphatic rings. The van der Waals surface area contributed by atoms with Gasteiger partial charge < -0.3 is 9.47 Å². The Kier molecular flexibility index (Phi) is 3.39. The van der Waals surface area contributed by atoms with E-state index in [9.17, 15) is 0 Å². The van der Waals surface area contributed by atoms with Crippen LogP contribution in [0.4, 0.5) is 0 Å². The summed E-state index contributed by atoms with van der Waals surface area (Å²) in [6, 6.07) is 9.53. The van der Waals surface area contributed by atoms with Crippen molar-refractivity contribution in [2.24, 2.45) is 0 Å². The second kappa shape index (κ2) is 5.21. The Balaban J connectivity index is 2.26. The number of hydrogen-bond donors (Lipinski definition) is 1. The Hall–Kier alpha value is -2.34. The van der Waals surface area contributed by atoms with Crippen LogP contribution < -0.4 is 9.47 Å². The lowest BCUT2D eigenvalue weighted by molar-refractivity contribution is 0.356. The van der Waals surface area contributed by atoms with Crippen molar-refractivity contribution in [1.82, 2.24) is 14.6 Å². The van der Waals surface area contributed by atoms with Crippen molar-refractivity contribution < 1.29 is 9.47 Å². The van der Waals surface area contributed by atoms with Gasteiger partial charge in [-0.3, -0.25) is 5.10 Å². The van der Waals surface area contributed by atoms with Crippen LogP contribution in [0, 0.1) is 11.6 Å². The van der Waals surface area contributed by atoms with E-state index < -0.39 is 0 Å². The molecule has 0 saturated carbocycles. The SMILES string of the molecule is COc1cccc(-c2cc3nc(C)cc(=S)n3[nH]2)c1OC. The normalized spacial score (nSPS) is 10.8. The minimum absolute atomic E-state index is 0.676. The van der Waals surface area contributed by atoms with Gasteiger partial charge in [0, 0.05) is 17.3 Å². The largest absolute Gasteiger partial charge is 0.493 e. The number of aromatic nitrogens is 3. The van der Waals surface area contributed by atoms with Crippen LogP contribution in [0.5, 0.6) is 11.5 Å². The molecule has 0 aliphatic heterocycles. The van der Waals surface area contributed by atoms with Crippen molar-refractivity contribution in [1.29, 1.82) is 0 Å². The molecule has 0 fully saturated rings. The van der Waals surface area contributed by atoms with Crippen molar-refractivity contribution >= 4 is 17.9 Å². The van der Waals surface area contributed by atoms with Gasteiger partial charge in [0.1, 0.15) is 4.64 Å². The predicted octanol–water partition coefficient (Wildman–Crippen LogP) is 3.38. The van der Waals surface area contributed by atoms with Gasteiger partial charge in [0.2, 0.25) is 0 Å². The number of H-pyrrole nitrogens is 1. The highest BCUT2D eigenvalue weighted by molar-refractivity contribution is 7.71. The van der Waals surface area contributed by atoms with Gasteiger partial charge in [-0.1, -0.05) is 18.3 Å². The minimum Gasteiger partial charge on any atom is -0.493 e. The molecule has 0 aliphatic carbocycles. The highest BCUT2D eigenvalue weighted by Crippen LogP contribution is 2.37. The van der Waals surface area contributed by atoms with E-state index in [4.69, 9.17) is 21.7 Å². The quantitative estimate of drug-likeness (QED) is 0.753. The lowest BCUT2D eigenvalue weighted by atomic mass is 10.1. The van der Waals surface area contributed by atoms with Crippen LogP contribution in [0.15, 0.2) is 30.3 Å². The average Bonchev–Trinajstić information content (AvgIpc) is 2.90. The standard InChI is InChI=1S/C15H15N3O2S/c1-9-7-14(21)18-13(16-9)8-11(17-18)10-5-4-6-12(19-2)15(10)20-3/h4-8,17H,1-3H3. The van der Waals surface area contributed by atoms with Crippen LogP contribution in [-0.4, -0.2) is 28.8 Å². The summed E-state index contributed by atoms with van der Waals surface area (Å²) in [6.07, 6.45) is 0. The number of aryl methyl sites for hydroxylation is 1. The Morgan fingerprint density at radius 3 is 2.71 bits per heavy atom. The molecule has 2 heterocycles. The Morgan fingerprint density at radius 2 is 2.00 bits per heavy atom. The number of para-hydroxylation sites is 1. The zero-order valence-electron chi connectivity index (χ0n) is 12.0. The van der Waals surface area contributed by atoms with Crippen LogP contribution in [-0.2, 0) is 0 Å². The van der Waals surface area contributed by atoms with Gasteiger partial charge in [-0.25, -0.2) is 9.50 Å². The van der Waals surface area contributed by atoms with Gasteiger partial charge in [0.25, 0.3) is 0 Å². The van der Waals surface area contributed by atoms with Gasteiger partial charge >= 0.3 is 0 Å². The van der Waals surface area contributed by atoms with Gasteiger partial charge in [-0.2, -0.15) is 0 Å². The van der Waals surface area contributed by atoms with Crippen molar-refractivity contribution in [3.05, 3.63) is 40.7 Å². The van der Waals surface area contributed by atoms with Crippen molar-refractivity contribution in [3.63, 3.8) is 0 Å². The number of fused-ring (bicyclic) bond motifs is 1. The van der Waals surface area contributed by atoms with E-state index in [0.717, 1.165) is 22.6 Å². The van der Waals surface area contributed by atoms with Gasteiger partial charge in [-0.05, 0) is 25.1 Å². The smallest absolute Gasteiger partial charge is 0.170 e. The minimum atomic E-state index is 0.676. The van der Waals surface area contributed by atoms with Crippen LogP contribution >= 0.6 is 12.2 Å². The van der Waals surface area contributed by atoms with Crippen molar-refractivity contribution in [3.8, 4) is 22.8 Å². The lowest BCUT2D eigenvalue weighted by Crippen LogP contribution is -1.95. The fourth-order valence-electron chi connectivity index (χ4n) is 2.35. The maximum atomic E-state index is 5.47. The van der Waals surface area contributed by atoms with Gasteiger partial charge in [0.05, 0.1) is 19.9 Å². The predicted molar refractivity (Wildman–Crippen MR) is 83.7 cm³/mol. The van der Waals surface area contributed by atoms with E-state index in [1.165, 1.54) is 0 Å². The number of hydrogen-bond acceptors (Lipinski definition) is 4. The summed E-state index contributed by atoms with van der Waals surface area (Å²) in [5, 5.41) is 3.25. The van der Waals surface area contributed by atoms with E-state index in [2.05, 4.69) is 10.1 Å². The third-order valence-electron chi connectivity index (χ3n) is 3.27. The van der Waals surface area contributed by atoms with Crippen molar-refractivity contribution in [2.45, 2.75) is 6.92 Å². The third kappa shape index (κ3) is 2.27. The number of methoxy groups -OCH3 is 2. The molecule has 21 heavy (non-hydrogen) atoms.